The number of para-hydroxylation sites is 1. The van der Waals surface area contributed by atoms with Crippen LogP contribution >= 0.6 is 50.5 Å². The number of aromatic amines is 1. The van der Waals surface area contributed by atoms with Crippen molar-refractivity contribution in [3.05, 3.63) is 93.9 Å². The van der Waals surface area contributed by atoms with Crippen molar-refractivity contribution in [1.82, 2.24) is 39.0 Å². The van der Waals surface area contributed by atoms with Gasteiger partial charge in [0.1, 0.15) is 16.4 Å². The van der Waals surface area contributed by atoms with Crippen molar-refractivity contribution in [2.75, 3.05) is 45.2 Å². The number of carbonyl (C=O) groups excluding carboxylic acids is 2. The molecule has 328 valence electrons. The average molecular weight is 930 g/mol. The van der Waals surface area contributed by atoms with Gasteiger partial charge in [0.05, 0.1) is 11.9 Å². The van der Waals surface area contributed by atoms with E-state index in [-0.39, 0.29) is 23.7 Å². The molecule has 0 unspecified atom stereocenters. The van der Waals surface area contributed by atoms with Crippen LogP contribution in [0.5, 0.6) is 0 Å². The number of nitrogens with zero attached hydrogens (tertiary/aromatic N) is 8. The number of amides is 2. The molecule has 0 aliphatic carbocycles. The topological polar surface area (TPSA) is 160 Å². The van der Waals surface area contributed by atoms with Crippen LogP contribution < -0.4 is 10.5 Å². The van der Waals surface area contributed by atoms with Gasteiger partial charge in [-0.25, -0.2) is 28.6 Å². The zero-order chi connectivity index (χ0) is 44.4. The van der Waals surface area contributed by atoms with Crippen molar-refractivity contribution in [2.45, 2.75) is 90.3 Å². The van der Waals surface area contributed by atoms with Crippen molar-refractivity contribution >= 4 is 79.7 Å². The highest BCUT2D eigenvalue weighted by Gasteiger charge is 2.30. The number of likely N-dealkylation sites (tertiary alicyclic amines) is 2. The second-order valence-corrected chi connectivity index (χ2v) is 23.4. The van der Waals surface area contributed by atoms with Gasteiger partial charge in [-0.1, -0.05) is 29.8 Å². The molecule has 60 heavy (non-hydrogen) atoms. The first-order valence-corrected chi connectivity index (χ1v) is 24.2. The zero-order valence-corrected chi connectivity index (χ0v) is 39.1. The lowest BCUT2D eigenvalue weighted by atomic mass is 9.93. The van der Waals surface area contributed by atoms with Crippen molar-refractivity contribution < 1.29 is 23.6 Å². The third-order valence-corrected chi connectivity index (χ3v) is 9.41. The maximum absolute atomic E-state index is 12.1. The summed E-state index contributed by atoms with van der Waals surface area (Å²) in [4.78, 5) is 51.0. The van der Waals surface area contributed by atoms with Crippen LogP contribution in [0.4, 0.5) is 15.3 Å². The number of carbonyl (C=O) groups is 2. The van der Waals surface area contributed by atoms with E-state index in [1.165, 1.54) is 10.2 Å². The van der Waals surface area contributed by atoms with Crippen LogP contribution in [0.1, 0.15) is 90.4 Å². The number of ether oxygens (including phenoxy) is 2. The van der Waals surface area contributed by atoms with Crippen LogP contribution in [-0.2, 0) is 14.0 Å². The third kappa shape index (κ3) is 15.8. The van der Waals surface area contributed by atoms with E-state index in [0.29, 0.717) is 42.9 Å². The third-order valence-electron chi connectivity index (χ3n) is 9.14. The number of benzene rings is 1. The first-order chi connectivity index (χ1) is 28.0. The summed E-state index contributed by atoms with van der Waals surface area (Å²) >= 11 is 20.1. The maximum atomic E-state index is 12.1. The molecule has 5 aromatic rings. The SMILES string of the molecule is CC(C)(C)OC(=O)N1CCC(c2cc(=O)n3[nH]ccc3n2)CC1.CC(C)(C)OC(=O)N1CCC(c2cc(Cl)n3nccc3n2)CC1.CN(C)c1ccccc1.O=P(Cl)(Cl)Cl. The molecule has 6 heterocycles. The molecule has 4 aromatic heterocycles. The lowest BCUT2D eigenvalue weighted by molar-refractivity contribution is 0.0193. The number of rotatable bonds is 3. The van der Waals surface area contributed by atoms with Gasteiger partial charge in [0.25, 0.3) is 5.56 Å². The number of hydrogen-bond donors (Lipinski definition) is 1. The van der Waals surface area contributed by atoms with Gasteiger partial charge in [0.15, 0.2) is 11.3 Å². The van der Waals surface area contributed by atoms with E-state index >= 15 is 0 Å². The Morgan fingerprint density at radius 2 is 1.23 bits per heavy atom. The Labute approximate surface area is 370 Å². The summed E-state index contributed by atoms with van der Waals surface area (Å²) in [5.41, 5.74) is 3.34. The summed E-state index contributed by atoms with van der Waals surface area (Å²) in [6, 6.07) is 17.3. The molecule has 20 heteroatoms. The molecule has 1 N–H and O–H groups in total. The molecule has 7 rings (SSSR count). The predicted molar refractivity (Wildman–Crippen MR) is 239 cm³/mol. The minimum absolute atomic E-state index is 0.107. The van der Waals surface area contributed by atoms with Crippen LogP contribution in [0.2, 0.25) is 5.15 Å². The highest BCUT2D eigenvalue weighted by Crippen LogP contribution is 2.61. The van der Waals surface area contributed by atoms with E-state index in [9.17, 15) is 18.9 Å². The standard InChI is InChI=1S/C16H21ClN4O2.C16H22N4O3.C8H11N.Cl3OP/c1-16(2,3)23-15(22)20-8-5-11(6-9-20)12-10-13(17)21-14(19-12)4-7-18-21;1-16(2,3)23-15(22)19-8-5-11(6-9-19)12-10-14(21)20-13(18-12)4-7-17-20;1-9(2)8-6-4-3-5-7-8;1-5(2,3)4/h4,7,10-11H,5-6,8-9H2,1-3H3;4,7,10-11,17H,5-6,8-9H2,1-3H3;3-7H,1-2H3;. The molecule has 2 amide bonds. The zero-order valence-electron chi connectivity index (χ0n) is 35.1. The van der Waals surface area contributed by atoms with E-state index in [2.05, 4.69) is 70.9 Å². The minimum atomic E-state index is -3.22. The van der Waals surface area contributed by atoms with Crippen molar-refractivity contribution in [3.63, 3.8) is 0 Å². The fourth-order valence-corrected chi connectivity index (χ4v) is 6.59. The van der Waals surface area contributed by atoms with Gasteiger partial charge in [0, 0.05) is 87.9 Å². The molecule has 0 atom stereocenters. The summed E-state index contributed by atoms with van der Waals surface area (Å²) in [5.74, 6) is 0.493. The quantitative estimate of drug-likeness (QED) is 0.136. The summed E-state index contributed by atoms with van der Waals surface area (Å²) < 4.78 is 23.4. The monoisotopic (exact) mass is 927 g/mol. The molecule has 0 bridgehead atoms. The molecule has 2 fully saturated rings. The number of fused-ring (bicyclic) bond motifs is 2. The first kappa shape index (κ1) is 48.7. The number of H-pyrrole nitrogens is 1. The summed E-state index contributed by atoms with van der Waals surface area (Å²) in [6.45, 7) is 13.8. The van der Waals surface area contributed by atoms with Gasteiger partial charge < -0.3 is 24.2 Å². The number of halogens is 4. The van der Waals surface area contributed by atoms with E-state index in [4.69, 9.17) is 21.1 Å². The Balaban J connectivity index is 0.000000202. The largest absolute Gasteiger partial charge is 0.444 e. The van der Waals surface area contributed by atoms with E-state index in [1.54, 1.807) is 38.8 Å². The van der Waals surface area contributed by atoms with Gasteiger partial charge in [-0.3, -0.25) is 14.5 Å². The fourth-order valence-electron chi connectivity index (χ4n) is 6.35. The number of piperidine rings is 2. The number of anilines is 1. The number of nitrogens with one attached hydrogen (secondary N) is 1. The van der Waals surface area contributed by atoms with Crippen LogP contribution in [0, 0.1) is 0 Å². The van der Waals surface area contributed by atoms with E-state index < -0.39 is 16.4 Å². The molecule has 1 aromatic carbocycles. The Kier molecular flexibility index (Phi) is 17.2. The maximum Gasteiger partial charge on any atom is 0.410 e. The smallest absolute Gasteiger partial charge is 0.410 e. The molecule has 0 radical (unpaired) electrons. The van der Waals surface area contributed by atoms with Crippen molar-refractivity contribution in [3.8, 4) is 0 Å². The summed E-state index contributed by atoms with van der Waals surface area (Å²) in [6.07, 6.45) is 6.14. The molecular formula is C40H54Cl4N9O6P. The van der Waals surface area contributed by atoms with E-state index in [1.807, 2.05) is 86.0 Å². The highest BCUT2D eigenvalue weighted by molar-refractivity contribution is 8.24. The van der Waals surface area contributed by atoms with Crippen LogP contribution in [0.3, 0.4) is 0 Å². The Bertz CT molecular complexity index is 2260. The molecule has 2 aliphatic rings. The Hall–Kier alpha value is -4.01. The minimum Gasteiger partial charge on any atom is -0.444 e. The number of hydrogen-bond acceptors (Lipinski definition) is 10. The molecule has 15 nitrogen and oxygen atoms in total. The summed E-state index contributed by atoms with van der Waals surface area (Å²) in [5, 5.41) is 4.30. The predicted octanol–water partition coefficient (Wildman–Crippen LogP) is 10.2. The van der Waals surface area contributed by atoms with Crippen LogP contribution in [-0.4, -0.2) is 103 Å². The second kappa shape index (κ2) is 21.2. The average Bonchev–Trinajstić information content (AvgIpc) is 3.85. The van der Waals surface area contributed by atoms with Crippen molar-refractivity contribution in [1.29, 1.82) is 0 Å². The lowest BCUT2D eigenvalue weighted by Crippen LogP contribution is -2.41. The highest BCUT2D eigenvalue weighted by atomic mass is 36.0. The van der Waals surface area contributed by atoms with Gasteiger partial charge in [0.2, 0.25) is 0 Å². The van der Waals surface area contributed by atoms with Gasteiger partial charge in [-0.2, -0.15) is 5.10 Å². The molecule has 2 saturated heterocycles. The van der Waals surface area contributed by atoms with Crippen LogP contribution in [0.15, 0.2) is 71.8 Å². The first-order valence-electron chi connectivity index (χ1n) is 19.4. The molecular weight excluding hydrogens is 875 g/mol. The Morgan fingerprint density at radius 1 is 0.767 bits per heavy atom. The molecule has 0 spiro atoms. The molecule has 0 saturated carbocycles. The van der Waals surface area contributed by atoms with Gasteiger partial charge in [-0.15, -0.1) is 0 Å². The van der Waals surface area contributed by atoms with Gasteiger partial charge >= 0.3 is 17.4 Å². The fraction of sp³-hybridized carbons (Fsp3) is 0.500. The lowest BCUT2D eigenvalue weighted by Gasteiger charge is -2.33. The molecule has 2 aliphatic heterocycles. The normalized spacial score (nSPS) is 15.2. The Morgan fingerprint density at radius 3 is 1.68 bits per heavy atom. The summed E-state index contributed by atoms with van der Waals surface area (Å²) in [7, 11) is 4.07. The van der Waals surface area contributed by atoms with E-state index in [0.717, 1.165) is 42.7 Å². The second-order valence-electron chi connectivity index (χ2n) is 16.4. The van der Waals surface area contributed by atoms with Crippen LogP contribution in [0.25, 0.3) is 11.3 Å². The van der Waals surface area contributed by atoms with Gasteiger partial charge in [-0.05, 0) is 119 Å². The van der Waals surface area contributed by atoms with Crippen molar-refractivity contribution in [2.24, 2.45) is 0 Å². The number of aromatic nitrogens is 6.